The molecule has 1 heterocycles. The molecule has 0 bridgehead atoms. The first kappa shape index (κ1) is 19.3. The van der Waals surface area contributed by atoms with E-state index in [1.54, 1.807) is 39.8 Å². The number of amides is 2. The minimum atomic E-state index is -0.678. The van der Waals surface area contributed by atoms with Gasteiger partial charge in [-0.05, 0) is 45.4 Å². The first-order valence-electron chi connectivity index (χ1n) is 8.02. The largest absolute Gasteiger partial charge is 0.444 e. The molecule has 0 aliphatic rings. The number of halogens is 1. The van der Waals surface area contributed by atoms with E-state index in [4.69, 9.17) is 4.74 Å². The molecule has 26 heavy (non-hydrogen) atoms. The minimum Gasteiger partial charge on any atom is -0.444 e. The number of ether oxygens (including phenoxy) is 1. The SMILES string of the molecule is CC(NC(=O)c1cc(NC(=O)OC(C)(C)C)ncn1)c1ccc(F)cc1. The van der Waals surface area contributed by atoms with E-state index in [-0.39, 0.29) is 23.4 Å². The smallest absolute Gasteiger partial charge is 0.413 e. The van der Waals surface area contributed by atoms with Gasteiger partial charge in [0.1, 0.15) is 29.3 Å². The lowest BCUT2D eigenvalue weighted by molar-refractivity contribution is 0.0634. The van der Waals surface area contributed by atoms with E-state index in [1.807, 2.05) is 0 Å². The Morgan fingerprint density at radius 1 is 1.15 bits per heavy atom. The molecule has 7 nitrogen and oxygen atoms in total. The third kappa shape index (κ3) is 5.80. The van der Waals surface area contributed by atoms with Crippen LogP contribution < -0.4 is 10.6 Å². The second-order valence-electron chi connectivity index (χ2n) is 6.66. The molecule has 0 saturated carbocycles. The van der Waals surface area contributed by atoms with E-state index >= 15 is 0 Å². The highest BCUT2D eigenvalue weighted by Gasteiger charge is 2.18. The van der Waals surface area contributed by atoms with Crippen LogP contribution in [-0.4, -0.2) is 27.6 Å². The van der Waals surface area contributed by atoms with Crippen LogP contribution in [0.1, 0.15) is 49.8 Å². The van der Waals surface area contributed by atoms with Crippen molar-refractivity contribution in [1.29, 1.82) is 0 Å². The summed E-state index contributed by atoms with van der Waals surface area (Å²) >= 11 is 0. The molecule has 0 radical (unpaired) electrons. The number of nitrogens with zero attached hydrogens (tertiary/aromatic N) is 2. The minimum absolute atomic E-state index is 0.0834. The van der Waals surface area contributed by atoms with Crippen LogP contribution in [0.3, 0.4) is 0 Å². The first-order chi connectivity index (χ1) is 12.1. The van der Waals surface area contributed by atoms with Gasteiger partial charge in [0.05, 0.1) is 6.04 Å². The summed E-state index contributed by atoms with van der Waals surface area (Å²) in [6.07, 6.45) is 0.492. The molecule has 8 heteroatoms. The van der Waals surface area contributed by atoms with Gasteiger partial charge in [-0.25, -0.2) is 19.2 Å². The van der Waals surface area contributed by atoms with Gasteiger partial charge in [-0.15, -0.1) is 0 Å². The third-order valence-corrected chi connectivity index (χ3v) is 3.25. The van der Waals surface area contributed by atoms with Crippen LogP contribution in [0.15, 0.2) is 36.7 Å². The Labute approximate surface area is 151 Å². The van der Waals surface area contributed by atoms with Crippen LogP contribution in [0.2, 0.25) is 0 Å². The number of aromatic nitrogens is 2. The fourth-order valence-electron chi connectivity index (χ4n) is 2.06. The Morgan fingerprint density at radius 3 is 2.42 bits per heavy atom. The number of benzene rings is 1. The average molecular weight is 360 g/mol. The lowest BCUT2D eigenvalue weighted by atomic mass is 10.1. The summed E-state index contributed by atoms with van der Waals surface area (Å²) in [6, 6.07) is 6.83. The van der Waals surface area contributed by atoms with Gasteiger partial charge in [0.25, 0.3) is 5.91 Å². The molecule has 1 aromatic heterocycles. The molecule has 2 amide bonds. The fraction of sp³-hybridized carbons (Fsp3) is 0.333. The van der Waals surface area contributed by atoms with Gasteiger partial charge in [-0.3, -0.25) is 10.1 Å². The Bertz CT molecular complexity index is 788. The molecule has 0 aliphatic carbocycles. The number of nitrogens with one attached hydrogen (secondary N) is 2. The van der Waals surface area contributed by atoms with Crippen LogP contribution in [0, 0.1) is 5.82 Å². The third-order valence-electron chi connectivity index (χ3n) is 3.25. The molecule has 0 spiro atoms. The van der Waals surface area contributed by atoms with Crippen LogP contribution in [0.25, 0.3) is 0 Å². The van der Waals surface area contributed by atoms with E-state index in [9.17, 15) is 14.0 Å². The van der Waals surface area contributed by atoms with Crippen LogP contribution in [0.5, 0.6) is 0 Å². The molecule has 1 aromatic carbocycles. The van der Waals surface area contributed by atoms with Gasteiger partial charge in [0, 0.05) is 6.07 Å². The van der Waals surface area contributed by atoms with E-state index < -0.39 is 17.6 Å². The standard InChI is InChI=1S/C18H21FN4O3/c1-11(12-5-7-13(19)8-6-12)22-16(24)14-9-15(21-10-20-14)23-17(25)26-18(2,3)4/h5-11H,1-4H3,(H,22,24)(H,20,21,23,25). The Hall–Kier alpha value is -3.03. The van der Waals surface area contributed by atoms with Crippen molar-refractivity contribution in [3.8, 4) is 0 Å². The quantitative estimate of drug-likeness (QED) is 0.871. The highest BCUT2D eigenvalue weighted by Crippen LogP contribution is 2.14. The van der Waals surface area contributed by atoms with Gasteiger partial charge in [0.15, 0.2) is 0 Å². The summed E-state index contributed by atoms with van der Waals surface area (Å²) in [5.41, 5.74) is 0.183. The lowest BCUT2D eigenvalue weighted by Crippen LogP contribution is -2.29. The number of hydrogen-bond donors (Lipinski definition) is 2. The number of carbonyl (C=O) groups excluding carboxylic acids is 2. The Kier molecular flexibility index (Phi) is 5.86. The molecule has 1 atom stereocenters. The summed E-state index contributed by atoms with van der Waals surface area (Å²) < 4.78 is 18.1. The van der Waals surface area contributed by atoms with E-state index in [1.165, 1.54) is 24.5 Å². The molecule has 2 rings (SSSR count). The van der Waals surface area contributed by atoms with Crippen LogP contribution in [-0.2, 0) is 4.74 Å². The Morgan fingerprint density at radius 2 is 1.81 bits per heavy atom. The normalized spacial score (nSPS) is 12.2. The van der Waals surface area contributed by atoms with Crippen molar-refractivity contribution in [1.82, 2.24) is 15.3 Å². The van der Waals surface area contributed by atoms with Gasteiger partial charge < -0.3 is 10.1 Å². The number of hydrogen-bond acceptors (Lipinski definition) is 5. The highest BCUT2D eigenvalue weighted by molar-refractivity contribution is 5.94. The predicted octanol–water partition coefficient (Wildman–Crippen LogP) is 3.45. The van der Waals surface area contributed by atoms with Crippen molar-refractivity contribution >= 4 is 17.8 Å². The molecule has 2 aromatic rings. The van der Waals surface area contributed by atoms with Crippen molar-refractivity contribution in [3.05, 3.63) is 53.7 Å². The highest BCUT2D eigenvalue weighted by atomic mass is 19.1. The van der Waals surface area contributed by atoms with Crippen molar-refractivity contribution < 1.29 is 18.7 Å². The van der Waals surface area contributed by atoms with Gasteiger partial charge in [-0.1, -0.05) is 12.1 Å². The van der Waals surface area contributed by atoms with Gasteiger partial charge in [0.2, 0.25) is 0 Å². The molecule has 138 valence electrons. The van der Waals surface area contributed by atoms with Crippen molar-refractivity contribution in [2.75, 3.05) is 5.32 Å². The number of carbonyl (C=O) groups is 2. The number of anilines is 1. The lowest BCUT2D eigenvalue weighted by Gasteiger charge is -2.19. The molecule has 0 saturated heterocycles. The zero-order valence-electron chi connectivity index (χ0n) is 15.0. The maximum Gasteiger partial charge on any atom is 0.413 e. The van der Waals surface area contributed by atoms with Gasteiger partial charge >= 0.3 is 6.09 Å². The topological polar surface area (TPSA) is 93.2 Å². The zero-order chi connectivity index (χ0) is 19.3. The maximum atomic E-state index is 13.0. The summed E-state index contributed by atoms with van der Waals surface area (Å²) in [6.45, 7) is 6.99. The van der Waals surface area contributed by atoms with Gasteiger partial charge in [-0.2, -0.15) is 0 Å². The number of rotatable bonds is 4. The van der Waals surface area contributed by atoms with E-state index in [2.05, 4.69) is 20.6 Å². The molecular formula is C18H21FN4O3. The van der Waals surface area contributed by atoms with Crippen LogP contribution >= 0.6 is 0 Å². The summed E-state index contributed by atoms with van der Waals surface area (Å²) in [4.78, 5) is 31.9. The fourth-order valence-corrected chi connectivity index (χ4v) is 2.06. The maximum absolute atomic E-state index is 13.0. The molecular weight excluding hydrogens is 339 g/mol. The van der Waals surface area contributed by atoms with Crippen LogP contribution in [0.4, 0.5) is 15.0 Å². The molecule has 0 aliphatic heterocycles. The molecule has 1 unspecified atom stereocenters. The van der Waals surface area contributed by atoms with Crippen molar-refractivity contribution in [2.45, 2.75) is 39.3 Å². The van der Waals surface area contributed by atoms with Crippen molar-refractivity contribution in [2.24, 2.45) is 0 Å². The second-order valence-corrected chi connectivity index (χ2v) is 6.66. The van der Waals surface area contributed by atoms with E-state index in [0.29, 0.717) is 0 Å². The summed E-state index contributed by atoms with van der Waals surface area (Å²) in [7, 11) is 0. The monoisotopic (exact) mass is 360 g/mol. The van der Waals surface area contributed by atoms with E-state index in [0.717, 1.165) is 5.56 Å². The zero-order valence-corrected chi connectivity index (χ0v) is 15.0. The Balaban J connectivity index is 2.03. The molecule has 0 fully saturated rings. The predicted molar refractivity (Wildman–Crippen MR) is 94.2 cm³/mol. The average Bonchev–Trinajstić information content (AvgIpc) is 2.53. The summed E-state index contributed by atoms with van der Waals surface area (Å²) in [5.74, 6) is -0.647. The molecule has 2 N–H and O–H groups in total. The summed E-state index contributed by atoms with van der Waals surface area (Å²) in [5, 5.41) is 5.21. The first-order valence-corrected chi connectivity index (χ1v) is 8.02. The second kappa shape index (κ2) is 7.90. The van der Waals surface area contributed by atoms with Crippen molar-refractivity contribution in [3.63, 3.8) is 0 Å².